The highest BCUT2D eigenvalue weighted by atomic mass is 79.9. The molecule has 1 aliphatic rings. The van der Waals surface area contributed by atoms with Gasteiger partial charge in [0.1, 0.15) is 5.75 Å². The number of fused-ring (bicyclic) bond motifs is 3. The van der Waals surface area contributed by atoms with Crippen molar-refractivity contribution in [1.82, 2.24) is 4.98 Å². The number of hydrogen-bond acceptors (Lipinski definition) is 3. The minimum atomic E-state index is 0.713. The summed E-state index contributed by atoms with van der Waals surface area (Å²) in [4.78, 5) is 5.81. The Bertz CT molecular complexity index is 553. The summed E-state index contributed by atoms with van der Waals surface area (Å²) >= 11 is 8.58. The molecule has 1 aromatic heterocycles. The molecule has 0 bridgehead atoms. The average molecular weight is 361 g/mol. The van der Waals surface area contributed by atoms with Gasteiger partial charge >= 0.3 is 0 Å². The maximum Gasteiger partial charge on any atom is 0.160 e. The molecule has 82 valence electrons. The van der Waals surface area contributed by atoms with Crippen LogP contribution in [0.1, 0.15) is 4.88 Å². The molecule has 2 aromatic rings. The number of rotatable bonds is 0. The van der Waals surface area contributed by atoms with Crippen LogP contribution in [0.5, 0.6) is 5.75 Å². The van der Waals surface area contributed by atoms with Crippen LogP contribution in [0.2, 0.25) is 0 Å². The summed E-state index contributed by atoms with van der Waals surface area (Å²) in [6, 6.07) is 6.07. The predicted octanol–water partition coefficient (Wildman–Crippen LogP) is 4.27. The fraction of sp³-hybridized carbons (Fsp3) is 0.182. The molecule has 0 aliphatic carbocycles. The van der Waals surface area contributed by atoms with Crippen molar-refractivity contribution < 1.29 is 4.74 Å². The van der Waals surface area contributed by atoms with Crippen LogP contribution in [0.4, 0.5) is 0 Å². The second-order valence-electron chi connectivity index (χ2n) is 3.48. The minimum Gasteiger partial charge on any atom is -0.492 e. The molecule has 0 fully saturated rings. The van der Waals surface area contributed by atoms with Gasteiger partial charge in [0.2, 0.25) is 0 Å². The van der Waals surface area contributed by atoms with Gasteiger partial charge in [-0.1, -0.05) is 15.9 Å². The lowest BCUT2D eigenvalue weighted by atomic mass is 10.1. The lowest BCUT2D eigenvalue weighted by Crippen LogP contribution is -1.97. The molecule has 3 rings (SSSR count). The zero-order chi connectivity index (χ0) is 11.1. The first-order valence-corrected chi connectivity index (χ1v) is 7.22. The van der Waals surface area contributed by atoms with Gasteiger partial charge in [0.05, 0.1) is 12.3 Å². The van der Waals surface area contributed by atoms with Crippen molar-refractivity contribution in [3.63, 3.8) is 0 Å². The Morgan fingerprint density at radius 3 is 3.06 bits per heavy atom. The van der Waals surface area contributed by atoms with E-state index in [4.69, 9.17) is 4.74 Å². The summed E-state index contributed by atoms with van der Waals surface area (Å²) in [7, 11) is 0. The highest BCUT2D eigenvalue weighted by Crippen LogP contribution is 2.39. The Hall–Kier alpha value is -0.390. The Morgan fingerprint density at radius 2 is 2.19 bits per heavy atom. The van der Waals surface area contributed by atoms with Gasteiger partial charge in [-0.05, 0) is 34.1 Å². The van der Waals surface area contributed by atoms with E-state index in [9.17, 15) is 0 Å². The van der Waals surface area contributed by atoms with Crippen LogP contribution in [0, 0.1) is 0 Å². The largest absolute Gasteiger partial charge is 0.492 e. The fourth-order valence-electron chi connectivity index (χ4n) is 1.77. The van der Waals surface area contributed by atoms with Crippen LogP contribution >= 0.6 is 43.2 Å². The number of thiazole rings is 1. The molecule has 0 spiro atoms. The average Bonchev–Trinajstić information content (AvgIpc) is 2.52. The molecule has 0 amide bonds. The summed E-state index contributed by atoms with van der Waals surface area (Å²) < 4.78 is 7.70. The van der Waals surface area contributed by atoms with Crippen molar-refractivity contribution in [3.05, 3.63) is 31.5 Å². The van der Waals surface area contributed by atoms with Gasteiger partial charge in [0.15, 0.2) is 3.92 Å². The van der Waals surface area contributed by atoms with Crippen LogP contribution < -0.4 is 4.74 Å². The molecule has 1 aliphatic heterocycles. The van der Waals surface area contributed by atoms with Crippen LogP contribution in [-0.4, -0.2) is 11.6 Å². The van der Waals surface area contributed by atoms with Gasteiger partial charge in [-0.15, -0.1) is 11.3 Å². The van der Waals surface area contributed by atoms with Gasteiger partial charge < -0.3 is 4.74 Å². The first kappa shape index (κ1) is 10.7. The first-order valence-electron chi connectivity index (χ1n) is 4.82. The Labute approximate surface area is 114 Å². The second kappa shape index (κ2) is 4.13. The van der Waals surface area contributed by atoms with E-state index in [0.29, 0.717) is 6.61 Å². The topological polar surface area (TPSA) is 22.1 Å². The molecule has 5 heteroatoms. The second-order valence-corrected chi connectivity index (χ2v) is 6.75. The van der Waals surface area contributed by atoms with E-state index >= 15 is 0 Å². The van der Waals surface area contributed by atoms with Crippen molar-refractivity contribution in [2.75, 3.05) is 6.61 Å². The maximum atomic E-state index is 5.73. The number of halogens is 2. The van der Waals surface area contributed by atoms with Crippen LogP contribution in [0.3, 0.4) is 0 Å². The fourth-order valence-corrected chi connectivity index (χ4v) is 3.65. The van der Waals surface area contributed by atoms with Crippen molar-refractivity contribution in [2.45, 2.75) is 6.42 Å². The summed E-state index contributed by atoms with van der Waals surface area (Å²) in [5.74, 6) is 0.908. The molecular weight excluding hydrogens is 354 g/mol. The van der Waals surface area contributed by atoms with E-state index in [2.05, 4.69) is 42.9 Å². The minimum absolute atomic E-state index is 0.713. The first-order chi connectivity index (χ1) is 7.74. The molecule has 0 atom stereocenters. The number of aromatic nitrogens is 1. The molecule has 0 radical (unpaired) electrons. The summed E-state index contributed by atoms with van der Waals surface area (Å²) in [5, 5.41) is 0. The predicted molar refractivity (Wildman–Crippen MR) is 72.1 cm³/mol. The smallest absolute Gasteiger partial charge is 0.160 e. The third kappa shape index (κ3) is 1.81. The SMILES string of the molecule is Brc1ccc2c(c1)OCCc1sc(Br)nc1-2. The molecule has 1 aromatic carbocycles. The van der Waals surface area contributed by atoms with Gasteiger partial charge in [0, 0.05) is 21.3 Å². The van der Waals surface area contributed by atoms with Gasteiger partial charge in [-0.2, -0.15) is 0 Å². The van der Waals surface area contributed by atoms with Gasteiger partial charge in [0.25, 0.3) is 0 Å². The molecular formula is C11H7Br2NOS. The lowest BCUT2D eigenvalue weighted by molar-refractivity contribution is 0.327. The van der Waals surface area contributed by atoms with E-state index in [1.165, 1.54) is 4.88 Å². The summed E-state index contributed by atoms with van der Waals surface area (Å²) in [6.07, 6.45) is 0.922. The number of ether oxygens (including phenoxy) is 1. The van der Waals surface area contributed by atoms with Crippen LogP contribution in [-0.2, 0) is 6.42 Å². The standard InChI is InChI=1S/C11H7Br2NOS/c12-6-1-2-7-8(5-6)15-4-3-9-10(7)14-11(13)16-9/h1-2,5H,3-4H2. The summed E-state index contributed by atoms with van der Waals surface area (Å²) in [6.45, 7) is 0.713. The monoisotopic (exact) mass is 359 g/mol. The van der Waals surface area contributed by atoms with Crippen LogP contribution in [0.25, 0.3) is 11.3 Å². The van der Waals surface area contributed by atoms with Gasteiger partial charge in [-0.25, -0.2) is 4.98 Å². The van der Waals surface area contributed by atoms with E-state index < -0.39 is 0 Å². The third-order valence-electron chi connectivity index (χ3n) is 2.46. The molecule has 0 saturated heterocycles. The van der Waals surface area contributed by atoms with E-state index in [-0.39, 0.29) is 0 Å². The molecule has 2 heterocycles. The number of hydrogen-bond donors (Lipinski definition) is 0. The molecule has 0 N–H and O–H groups in total. The zero-order valence-electron chi connectivity index (χ0n) is 8.17. The normalized spacial score (nSPS) is 13.6. The van der Waals surface area contributed by atoms with Crippen molar-refractivity contribution in [1.29, 1.82) is 0 Å². The van der Waals surface area contributed by atoms with E-state index in [1.54, 1.807) is 11.3 Å². The zero-order valence-corrected chi connectivity index (χ0v) is 12.2. The Balaban J connectivity index is 2.24. The highest BCUT2D eigenvalue weighted by molar-refractivity contribution is 9.11. The Kier molecular flexibility index (Phi) is 2.77. The van der Waals surface area contributed by atoms with Crippen molar-refractivity contribution in [3.8, 4) is 17.0 Å². The van der Waals surface area contributed by atoms with Crippen molar-refractivity contribution in [2.24, 2.45) is 0 Å². The molecule has 0 saturated carbocycles. The quantitative estimate of drug-likeness (QED) is 0.699. The van der Waals surface area contributed by atoms with E-state index in [1.807, 2.05) is 12.1 Å². The van der Waals surface area contributed by atoms with Gasteiger partial charge in [-0.3, -0.25) is 0 Å². The summed E-state index contributed by atoms with van der Waals surface area (Å²) in [5.41, 5.74) is 2.13. The maximum absolute atomic E-state index is 5.73. The lowest BCUT2D eigenvalue weighted by Gasteiger charge is -2.06. The highest BCUT2D eigenvalue weighted by Gasteiger charge is 2.19. The van der Waals surface area contributed by atoms with E-state index in [0.717, 1.165) is 31.8 Å². The molecule has 0 unspecified atom stereocenters. The van der Waals surface area contributed by atoms with Crippen molar-refractivity contribution >= 4 is 43.2 Å². The Morgan fingerprint density at radius 1 is 1.31 bits per heavy atom. The van der Waals surface area contributed by atoms with Crippen LogP contribution in [0.15, 0.2) is 26.6 Å². The third-order valence-corrected chi connectivity index (χ3v) is 4.52. The number of benzene rings is 1. The number of nitrogens with zero attached hydrogens (tertiary/aromatic N) is 1. The molecule has 2 nitrogen and oxygen atoms in total. The molecule has 16 heavy (non-hydrogen) atoms.